The highest BCUT2D eigenvalue weighted by Gasteiger charge is 2.17. The summed E-state index contributed by atoms with van der Waals surface area (Å²) in [5, 5.41) is 13.9. The molecule has 1 aromatic carbocycles. The summed E-state index contributed by atoms with van der Waals surface area (Å²) in [6.45, 7) is 6.54. The maximum absolute atomic E-state index is 13.4. The minimum Gasteiger partial charge on any atom is -0.478 e. The highest BCUT2D eigenvalue weighted by Crippen LogP contribution is 2.18. The van der Waals surface area contributed by atoms with E-state index in [9.17, 15) is 14.0 Å². The van der Waals surface area contributed by atoms with E-state index in [1.165, 1.54) is 12.1 Å². The van der Waals surface area contributed by atoms with Crippen molar-refractivity contribution in [3.05, 3.63) is 29.6 Å². The second-order valence-corrected chi connectivity index (χ2v) is 5.02. The molecule has 3 N–H and O–H groups in total. The Bertz CT molecular complexity index is 503. The van der Waals surface area contributed by atoms with Crippen molar-refractivity contribution in [1.82, 2.24) is 5.32 Å². The molecule has 0 aliphatic rings. The minimum absolute atomic E-state index is 0.0628. The molecular formula is C14H19FN2O3. The lowest BCUT2D eigenvalue weighted by Gasteiger charge is -2.16. The van der Waals surface area contributed by atoms with Crippen LogP contribution in [0, 0.1) is 17.7 Å². The van der Waals surface area contributed by atoms with Gasteiger partial charge in [0.1, 0.15) is 11.4 Å². The Kier molecular flexibility index (Phi) is 5.49. The first-order chi connectivity index (χ1) is 9.32. The average molecular weight is 282 g/mol. The number of carbonyl (C=O) groups excluding carboxylic acids is 1. The molecule has 0 aliphatic heterocycles. The van der Waals surface area contributed by atoms with Gasteiger partial charge in [0.25, 0.3) is 0 Å². The molecule has 0 spiro atoms. The summed E-state index contributed by atoms with van der Waals surface area (Å²) in [4.78, 5) is 22.7. The molecular weight excluding hydrogens is 263 g/mol. The predicted molar refractivity (Wildman–Crippen MR) is 74.4 cm³/mol. The van der Waals surface area contributed by atoms with Crippen LogP contribution in [0.1, 0.15) is 31.1 Å². The maximum Gasteiger partial charge on any atom is 0.340 e. The Morgan fingerprint density at radius 2 is 1.95 bits per heavy atom. The van der Waals surface area contributed by atoms with Crippen molar-refractivity contribution in [2.24, 2.45) is 11.8 Å². The van der Waals surface area contributed by atoms with Crippen molar-refractivity contribution >= 4 is 17.7 Å². The Balaban J connectivity index is 2.72. The number of aromatic carboxylic acids is 1. The van der Waals surface area contributed by atoms with Gasteiger partial charge < -0.3 is 15.7 Å². The van der Waals surface area contributed by atoms with Crippen molar-refractivity contribution in [1.29, 1.82) is 0 Å². The highest BCUT2D eigenvalue weighted by atomic mass is 19.1. The number of hydrogen-bond acceptors (Lipinski definition) is 2. The number of rotatable bonds is 5. The van der Waals surface area contributed by atoms with E-state index in [2.05, 4.69) is 10.6 Å². The van der Waals surface area contributed by atoms with Crippen LogP contribution in [0.25, 0.3) is 0 Å². The van der Waals surface area contributed by atoms with Crippen LogP contribution in [0.2, 0.25) is 0 Å². The van der Waals surface area contributed by atoms with Gasteiger partial charge in [0.15, 0.2) is 0 Å². The van der Waals surface area contributed by atoms with Crippen molar-refractivity contribution < 1.29 is 19.1 Å². The fourth-order valence-corrected chi connectivity index (χ4v) is 1.50. The topological polar surface area (TPSA) is 78.4 Å². The molecule has 0 fully saturated rings. The highest BCUT2D eigenvalue weighted by molar-refractivity contribution is 6.00. The number of hydrogen-bond donors (Lipinski definition) is 3. The van der Waals surface area contributed by atoms with Crippen LogP contribution in [-0.4, -0.2) is 23.7 Å². The minimum atomic E-state index is -1.42. The molecule has 0 bridgehead atoms. The van der Waals surface area contributed by atoms with Crippen LogP contribution >= 0.6 is 0 Å². The first-order valence-electron chi connectivity index (χ1n) is 6.39. The maximum atomic E-state index is 13.4. The monoisotopic (exact) mass is 282 g/mol. The fourth-order valence-electron chi connectivity index (χ4n) is 1.50. The van der Waals surface area contributed by atoms with Crippen LogP contribution in [0.5, 0.6) is 0 Å². The zero-order valence-electron chi connectivity index (χ0n) is 11.7. The van der Waals surface area contributed by atoms with Crippen LogP contribution < -0.4 is 10.6 Å². The van der Waals surface area contributed by atoms with Gasteiger partial charge in [0.2, 0.25) is 0 Å². The molecule has 0 aliphatic carbocycles. The van der Waals surface area contributed by atoms with Gasteiger partial charge in [0.05, 0.1) is 5.69 Å². The molecule has 1 rings (SSSR count). The Hall–Kier alpha value is -2.11. The Morgan fingerprint density at radius 3 is 2.50 bits per heavy atom. The van der Waals surface area contributed by atoms with E-state index < -0.39 is 23.4 Å². The van der Waals surface area contributed by atoms with Gasteiger partial charge >= 0.3 is 12.0 Å². The second-order valence-electron chi connectivity index (χ2n) is 5.02. The smallest absolute Gasteiger partial charge is 0.340 e. The molecule has 0 radical (unpaired) electrons. The third kappa shape index (κ3) is 4.22. The summed E-state index contributed by atoms with van der Waals surface area (Å²) in [5.74, 6) is -1.61. The van der Waals surface area contributed by atoms with E-state index in [0.717, 1.165) is 6.07 Å². The number of amides is 2. The van der Waals surface area contributed by atoms with E-state index in [0.29, 0.717) is 12.5 Å². The number of halogens is 1. The number of benzene rings is 1. The van der Waals surface area contributed by atoms with Gasteiger partial charge in [-0.3, -0.25) is 0 Å². The third-order valence-electron chi connectivity index (χ3n) is 3.20. The standard InChI is InChI=1S/C14H19FN2O3/c1-8(2)9(3)7-16-14(20)17-11-6-4-5-10(15)12(11)13(18)19/h4-6,8-9H,7H2,1-3H3,(H,18,19)(H2,16,17,20). The van der Waals surface area contributed by atoms with E-state index in [-0.39, 0.29) is 11.6 Å². The van der Waals surface area contributed by atoms with Crippen LogP contribution in [0.15, 0.2) is 18.2 Å². The molecule has 0 saturated carbocycles. The van der Waals surface area contributed by atoms with E-state index in [1.807, 2.05) is 20.8 Å². The number of anilines is 1. The zero-order valence-corrected chi connectivity index (χ0v) is 11.7. The van der Waals surface area contributed by atoms with Crippen LogP contribution in [0.4, 0.5) is 14.9 Å². The average Bonchev–Trinajstić information content (AvgIpc) is 2.35. The third-order valence-corrected chi connectivity index (χ3v) is 3.20. The lowest BCUT2D eigenvalue weighted by molar-refractivity contribution is 0.0693. The normalized spacial score (nSPS) is 12.1. The molecule has 1 unspecified atom stereocenters. The molecule has 0 heterocycles. The summed E-state index contributed by atoms with van der Waals surface area (Å²) < 4.78 is 13.4. The van der Waals surface area contributed by atoms with Crippen molar-refractivity contribution in [3.63, 3.8) is 0 Å². The molecule has 6 heteroatoms. The van der Waals surface area contributed by atoms with Gasteiger partial charge in [-0.05, 0) is 24.0 Å². The zero-order chi connectivity index (χ0) is 15.3. The number of carboxylic acids is 1. The molecule has 0 aromatic heterocycles. The number of nitrogens with one attached hydrogen (secondary N) is 2. The molecule has 0 saturated heterocycles. The number of urea groups is 1. The summed E-state index contributed by atoms with van der Waals surface area (Å²) in [6.07, 6.45) is 0. The molecule has 1 atom stereocenters. The molecule has 110 valence electrons. The van der Waals surface area contributed by atoms with E-state index in [1.54, 1.807) is 0 Å². The first kappa shape index (κ1) is 15.9. The predicted octanol–water partition coefficient (Wildman–Crippen LogP) is 2.94. The van der Waals surface area contributed by atoms with Gasteiger partial charge in [0, 0.05) is 6.54 Å². The Morgan fingerprint density at radius 1 is 1.30 bits per heavy atom. The van der Waals surface area contributed by atoms with Gasteiger partial charge in [-0.1, -0.05) is 26.8 Å². The SMILES string of the molecule is CC(C)C(C)CNC(=O)Nc1cccc(F)c1C(=O)O. The van der Waals surface area contributed by atoms with Gasteiger partial charge in [-0.15, -0.1) is 0 Å². The van der Waals surface area contributed by atoms with Crippen molar-refractivity contribution in [2.45, 2.75) is 20.8 Å². The molecule has 20 heavy (non-hydrogen) atoms. The summed E-state index contributed by atoms with van der Waals surface area (Å²) in [5.41, 5.74) is -0.605. The van der Waals surface area contributed by atoms with E-state index >= 15 is 0 Å². The quantitative estimate of drug-likeness (QED) is 0.777. The number of carboxylic acid groups (broad SMARTS) is 1. The number of carbonyl (C=O) groups is 2. The molecule has 5 nitrogen and oxygen atoms in total. The lowest BCUT2D eigenvalue weighted by Crippen LogP contribution is -2.34. The van der Waals surface area contributed by atoms with Gasteiger partial charge in [-0.2, -0.15) is 0 Å². The van der Waals surface area contributed by atoms with E-state index in [4.69, 9.17) is 5.11 Å². The Labute approximate surface area is 117 Å². The second kappa shape index (κ2) is 6.88. The fraction of sp³-hybridized carbons (Fsp3) is 0.429. The van der Waals surface area contributed by atoms with Crippen LogP contribution in [0.3, 0.4) is 0 Å². The largest absolute Gasteiger partial charge is 0.478 e. The summed E-state index contributed by atoms with van der Waals surface area (Å²) in [7, 11) is 0. The van der Waals surface area contributed by atoms with Gasteiger partial charge in [-0.25, -0.2) is 14.0 Å². The summed E-state index contributed by atoms with van der Waals surface area (Å²) in [6, 6.07) is 3.17. The first-order valence-corrected chi connectivity index (χ1v) is 6.39. The van der Waals surface area contributed by atoms with Crippen molar-refractivity contribution in [2.75, 3.05) is 11.9 Å². The van der Waals surface area contributed by atoms with Crippen LogP contribution in [-0.2, 0) is 0 Å². The van der Waals surface area contributed by atoms with Crippen molar-refractivity contribution in [3.8, 4) is 0 Å². The summed E-state index contributed by atoms with van der Waals surface area (Å²) >= 11 is 0. The lowest BCUT2D eigenvalue weighted by atomic mass is 9.98. The molecule has 2 amide bonds. The molecule has 1 aromatic rings.